The molecule has 1 amide bonds. The van der Waals surface area contributed by atoms with E-state index in [-0.39, 0.29) is 63.7 Å². The third kappa shape index (κ3) is 15.1. The first-order valence-electron chi connectivity index (χ1n) is 4.61. The number of aliphatic carboxylic acids is 1. The Morgan fingerprint density at radius 3 is 1.79 bits per heavy atom. The quantitative estimate of drug-likeness (QED) is 0.352. The molecule has 14 heavy (non-hydrogen) atoms. The molecule has 0 aromatic carbocycles. The van der Waals surface area contributed by atoms with E-state index >= 15 is 0 Å². The Hall–Kier alpha value is 0.576. The maximum Gasteiger partial charge on any atom is 1.00 e. The molecule has 4 nitrogen and oxygen atoms in total. The number of unbranched alkanes of at least 4 members (excludes halogenated alkanes) is 4. The van der Waals surface area contributed by atoms with Gasteiger partial charge in [-0.3, -0.25) is 4.79 Å². The molecule has 0 aliphatic rings. The predicted molar refractivity (Wildman–Crippen MR) is 46.5 cm³/mol. The Kier molecular flexibility index (Phi) is 14.1. The zero-order chi connectivity index (χ0) is 10.1. The van der Waals surface area contributed by atoms with Gasteiger partial charge >= 0.3 is 51.4 Å². The molecule has 0 aliphatic carbocycles. The van der Waals surface area contributed by atoms with Crippen LogP contribution in [-0.2, 0) is 9.59 Å². The standard InChI is InChI=1S/C9H17NO3.K/c10-8(11)6-4-2-1-3-5-7-9(12)13;/h1-7H2,(H2,10,11)(H,12,13);/q;+1/p-1. The molecule has 0 aliphatic heterocycles. The van der Waals surface area contributed by atoms with E-state index in [1.807, 2.05) is 0 Å². The third-order valence-corrected chi connectivity index (χ3v) is 1.80. The number of carboxylic acids is 1. The van der Waals surface area contributed by atoms with Crippen molar-refractivity contribution in [2.75, 3.05) is 0 Å². The molecule has 0 aromatic rings. The second-order valence-electron chi connectivity index (χ2n) is 3.11. The zero-order valence-corrected chi connectivity index (χ0v) is 11.9. The Bertz CT molecular complexity index is 155. The second kappa shape index (κ2) is 11.7. The number of rotatable bonds is 8. The number of carboxylic acid groups (broad SMARTS) is 1. The van der Waals surface area contributed by atoms with Crippen LogP contribution >= 0.6 is 0 Å². The molecule has 0 fully saturated rings. The molecular weight excluding hydrogens is 209 g/mol. The molecule has 0 bridgehead atoms. The van der Waals surface area contributed by atoms with Gasteiger partial charge in [0.15, 0.2) is 0 Å². The summed E-state index contributed by atoms with van der Waals surface area (Å²) in [6.07, 6.45) is 4.82. The van der Waals surface area contributed by atoms with Crippen LogP contribution in [0.3, 0.4) is 0 Å². The molecule has 5 heteroatoms. The van der Waals surface area contributed by atoms with Gasteiger partial charge in [-0.1, -0.05) is 19.3 Å². The van der Waals surface area contributed by atoms with Gasteiger partial charge in [-0.25, -0.2) is 0 Å². The number of carbonyl (C=O) groups is 2. The van der Waals surface area contributed by atoms with Crippen molar-refractivity contribution in [1.82, 2.24) is 0 Å². The summed E-state index contributed by atoms with van der Waals surface area (Å²) >= 11 is 0. The van der Waals surface area contributed by atoms with Crippen molar-refractivity contribution < 1.29 is 66.1 Å². The van der Waals surface area contributed by atoms with Crippen LogP contribution in [0.1, 0.15) is 44.9 Å². The zero-order valence-electron chi connectivity index (χ0n) is 8.75. The van der Waals surface area contributed by atoms with Crippen molar-refractivity contribution in [2.24, 2.45) is 5.73 Å². The van der Waals surface area contributed by atoms with Crippen molar-refractivity contribution in [3.8, 4) is 0 Å². The Labute approximate surface area is 127 Å². The molecule has 0 spiro atoms. The van der Waals surface area contributed by atoms with E-state index in [0.717, 1.165) is 25.7 Å². The van der Waals surface area contributed by atoms with Gasteiger partial charge in [-0.05, 0) is 19.3 Å². The van der Waals surface area contributed by atoms with Gasteiger partial charge in [0.05, 0.1) is 0 Å². The van der Waals surface area contributed by atoms with Gasteiger partial charge in [-0.2, -0.15) is 0 Å². The molecule has 0 unspecified atom stereocenters. The molecule has 2 N–H and O–H groups in total. The molecule has 0 heterocycles. The van der Waals surface area contributed by atoms with Crippen molar-refractivity contribution in [3.05, 3.63) is 0 Å². The topological polar surface area (TPSA) is 83.2 Å². The summed E-state index contributed by atoms with van der Waals surface area (Å²) in [5.74, 6) is -1.26. The van der Waals surface area contributed by atoms with Gasteiger partial charge in [0.1, 0.15) is 0 Å². The van der Waals surface area contributed by atoms with E-state index in [1.165, 1.54) is 0 Å². The van der Waals surface area contributed by atoms with Gasteiger partial charge < -0.3 is 15.6 Å². The minimum Gasteiger partial charge on any atom is -0.550 e. The summed E-state index contributed by atoms with van der Waals surface area (Å²) in [5, 5.41) is 10.0. The monoisotopic (exact) mass is 225 g/mol. The Morgan fingerprint density at radius 1 is 0.929 bits per heavy atom. The Morgan fingerprint density at radius 2 is 1.36 bits per heavy atom. The molecule has 0 saturated heterocycles. The van der Waals surface area contributed by atoms with E-state index in [4.69, 9.17) is 5.73 Å². The van der Waals surface area contributed by atoms with Crippen molar-refractivity contribution in [3.63, 3.8) is 0 Å². The van der Waals surface area contributed by atoms with Gasteiger partial charge in [-0.15, -0.1) is 0 Å². The first-order valence-corrected chi connectivity index (χ1v) is 4.61. The fourth-order valence-electron chi connectivity index (χ4n) is 1.10. The summed E-state index contributed by atoms with van der Waals surface area (Å²) in [6, 6.07) is 0. The smallest absolute Gasteiger partial charge is 0.550 e. The van der Waals surface area contributed by atoms with Crippen molar-refractivity contribution in [2.45, 2.75) is 44.9 Å². The molecular formula is C9H16KNO3. The van der Waals surface area contributed by atoms with Crippen LogP contribution in [0.4, 0.5) is 0 Å². The largest absolute Gasteiger partial charge is 1.00 e. The van der Waals surface area contributed by atoms with Gasteiger partial charge in [0.25, 0.3) is 0 Å². The summed E-state index contributed by atoms with van der Waals surface area (Å²) < 4.78 is 0. The fourth-order valence-corrected chi connectivity index (χ4v) is 1.10. The minimum atomic E-state index is -0.989. The van der Waals surface area contributed by atoms with Crippen LogP contribution in [-0.4, -0.2) is 11.9 Å². The molecule has 76 valence electrons. The van der Waals surface area contributed by atoms with Crippen LogP contribution in [0.25, 0.3) is 0 Å². The van der Waals surface area contributed by atoms with E-state index in [1.54, 1.807) is 0 Å². The van der Waals surface area contributed by atoms with E-state index < -0.39 is 5.97 Å². The normalized spacial score (nSPS) is 9.14. The average molecular weight is 225 g/mol. The number of primary amides is 1. The maximum absolute atomic E-state index is 10.3. The van der Waals surface area contributed by atoms with Crippen molar-refractivity contribution >= 4 is 11.9 Å². The first kappa shape index (κ1) is 17.0. The molecule has 0 atom stereocenters. The van der Waals surface area contributed by atoms with Crippen LogP contribution in [0.15, 0.2) is 0 Å². The van der Waals surface area contributed by atoms with E-state index in [0.29, 0.717) is 12.8 Å². The van der Waals surface area contributed by atoms with Crippen molar-refractivity contribution in [1.29, 1.82) is 0 Å². The molecule has 0 radical (unpaired) electrons. The van der Waals surface area contributed by atoms with Gasteiger partial charge in [0.2, 0.25) is 5.91 Å². The Balaban J connectivity index is 0. The number of amides is 1. The second-order valence-corrected chi connectivity index (χ2v) is 3.11. The number of carbonyl (C=O) groups excluding carboxylic acids is 2. The summed E-state index contributed by atoms with van der Waals surface area (Å²) in [4.78, 5) is 20.3. The summed E-state index contributed by atoms with van der Waals surface area (Å²) in [5.41, 5.74) is 4.95. The predicted octanol–water partition coefficient (Wildman–Crippen LogP) is -3.04. The van der Waals surface area contributed by atoms with Crippen LogP contribution in [0.2, 0.25) is 0 Å². The minimum absolute atomic E-state index is 0. The average Bonchev–Trinajstić information content (AvgIpc) is 2.01. The summed E-state index contributed by atoms with van der Waals surface area (Å²) in [7, 11) is 0. The van der Waals surface area contributed by atoms with Crippen LogP contribution < -0.4 is 62.2 Å². The summed E-state index contributed by atoms with van der Waals surface area (Å²) in [6.45, 7) is 0. The van der Waals surface area contributed by atoms with Crippen LogP contribution in [0.5, 0.6) is 0 Å². The van der Waals surface area contributed by atoms with Gasteiger partial charge in [0, 0.05) is 12.4 Å². The van der Waals surface area contributed by atoms with E-state index in [2.05, 4.69) is 0 Å². The molecule has 0 aromatic heterocycles. The fraction of sp³-hybridized carbons (Fsp3) is 0.778. The third-order valence-electron chi connectivity index (χ3n) is 1.80. The van der Waals surface area contributed by atoms with E-state index in [9.17, 15) is 14.7 Å². The van der Waals surface area contributed by atoms with Crippen LogP contribution in [0, 0.1) is 0 Å². The number of nitrogens with two attached hydrogens (primary N) is 1. The maximum atomic E-state index is 10.3. The number of hydrogen-bond donors (Lipinski definition) is 1. The molecule has 0 saturated carbocycles. The first-order chi connectivity index (χ1) is 6.13. The molecule has 0 rings (SSSR count). The number of hydrogen-bond acceptors (Lipinski definition) is 3. The SMILES string of the molecule is NC(=O)CCCCCCCC(=O)[O-].[K+].